The number of imidazole rings is 2. The molecule has 25 heavy (non-hydrogen) atoms. The average molecular weight is 331 g/mol. The summed E-state index contributed by atoms with van der Waals surface area (Å²) >= 11 is 0. The first kappa shape index (κ1) is 15.6. The van der Waals surface area contributed by atoms with Gasteiger partial charge in [0.15, 0.2) is 0 Å². The summed E-state index contributed by atoms with van der Waals surface area (Å²) in [6, 6.07) is 10.9. The second-order valence-corrected chi connectivity index (χ2v) is 6.79. The predicted molar refractivity (Wildman–Crippen MR) is 100 cm³/mol. The van der Waals surface area contributed by atoms with Crippen molar-refractivity contribution in [2.75, 3.05) is 0 Å². The van der Waals surface area contributed by atoms with Gasteiger partial charge in [0.2, 0.25) is 17.2 Å². The van der Waals surface area contributed by atoms with Crippen molar-refractivity contribution in [2.24, 2.45) is 14.1 Å². The third-order valence-electron chi connectivity index (χ3n) is 5.06. The standard InChI is InChI=1S/C21H23N4/c1-14-8-6-7-9-17(14)19-15(2)12-16(3)20(24(19)5)18-13-25-11-10-22-21(25)23(18)4/h6-13H,1-5H3/q+1. The lowest BCUT2D eigenvalue weighted by atomic mass is 9.98. The first-order chi connectivity index (χ1) is 12.0. The SMILES string of the molecule is Cc1ccccc1-c1c(C)cc(C)c(-c2cn3ccnc3n2C)[n+]1C. The van der Waals surface area contributed by atoms with Gasteiger partial charge in [-0.3, -0.25) is 4.40 Å². The summed E-state index contributed by atoms with van der Waals surface area (Å²) in [5, 5.41) is 0. The van der Waals surface area contributed by atoms with Gasteiger partial charge in [0.05, 0.1) is 0 Å². The van der Waals surface area contributed by atoms with Crippen molar-refractivity contribution in [2.45, 2.75) is 20.8 Å². The van der Waals surface area contributed by atoms with E-state index >= 15 is 0 Å². The van der Waals surface area contributed by atoms with Crippen LogP contribution in [-0.2, 0) is 14.1 Å². The summed E-state index contributed by atoms with van der Waals surface area (Å²) in [5.41, 5.74) is 8.77. The van der Waals surface area contributed by atoms with Gasteiger partial charge in [0.1, 0.15) is 12.7 Å². The van der Waals surface area contributed by atoms with Crippen LogP contribution in [0.15, 0.2) is 48.9 Å². The molecule has 0 spiro atoms. The number of pyridine rings is 1. The van der Waals surface area contributed by atoms with E-state index in [9.17, 15) is 0 Å². The minimum absolute atomic E-state index is 0.951. The van der Waals surface area contributed by atoms with E-state index in [0.29, 0.717) is 0 Å². The molecule has 0 aliphatic heterocycles. The van der Waals surface area contributed by atoms with E-state index in [4.69, 9.17) is 0 Å². The fourth-order valence-electron chi connectivity index (χ4n) is 3.92. The Kier molecular flexibility index (Phi) is 3.49. The summed E-state index contributed by atoms with van der Waals surface area (Å²) in [7, 11) is 4.23. The first-order valence-corrected chi connectivity index (χ1v) is 8.54. The molecule has 126 valence electrons. The summed E-state index contributed by atoms with van der Waals surface area (Å²) < 4.78 is 6.54. The highest BCUT2D eigenvalue weighted by Crippen LogP contribution is 2.29. The van der Waals surface area contributed by atoms with E-state index in [1.54, 1.807) is 0 Å². The van der Waals surface area contributed by atoms with Gasteiger partial charge in [-0.1, -0.05) is 18.2 Å². The van der Waals surface area contributed by atoms with E-state index in [-0.39, 0.29) is 0 Å². The minimum atomic E-state index is 0.951. The molecular formula is C21H23N4+. The first-order valence-electron chi connectivity index (χ1n) is 8.54. The number of hydrogen-bond acceptors (Lipinski definition) is 1. The Morgan fingerprint density at radius 3 is 2.40 bits per heavy atom. The molecule has 3 aromatic heterocycles. The van der Waals surface area contributed by atoms with E-state index in [1.165, 1.54) is 33.6 Å². The van der Waals surface area contributed by atoms with Crippen LogP contribution < -0.4 is 4.57 Å². The maximum absolute atomic E-state index is 4.45. The maximum Gasteiger partial charge on any atom is 0.233 e. The molecule has 0 radical (unpaired) electrons. The average Bonchev–Trinajstić information content (AvgIpc) is 3.13. The Labute approximate surface area is 148 Å². The van der Waals surface area contributed by atoms with E-state index in [2.05, 4.69) is 89.9 Å². The zero-order valence-electron chi connectivity index (χ0n) is 15.4. The molecular weight excluding hydrogens is 308 g/mol. The monoisotopic (exact) mass is 331 g/mol. The minimum Gasteiger partial charge on any atom is -0.308 e. The molecule has 4 rings (SSSR count). The molecule has 0 fully saturated rings. The Bertz CT molecular complexity index is 1100. The van der Waals surface area contributed by atoms with Gasteiger partial charge in [-0.25, -0.2) is 4.98 Å². The van der Waals surface area contributed by atoms with Gasteiger partial charge in [-0.2, -0.15) is 4.57 Å². The molecule has 4 heteroatoms. The fraction of sp³-hybridized carbons (Fsp3) is 0.238. The van der Waals surface area contributed by atoms with Crippen molar-refractivity contribution in [1.82, 2.24) is 14.0 Å². The Hall–Kier alpha value is -2.88. The molecule has 0 amide bonds. The molecule has 3 heterocycles. The lowest BCUT2D eigenvalue weighted by Crippen LogP contribution is -2.36. The van der Waals surface area contributed by atoms with Crippen LogP contribution in [0.5, 0.6) is 0 Å². The van der Waals surface area contributed by atoms with Crippen molar-refractivity contribution in [3.05, 3.63) is 65.6 Å². The van der Waals surface area contributed by atoms with Crippen LogP contribution in [0.3, 0.4) is 0 Å². The Morgan fingerprint density at radius 2 is 1.68 bits per heavy atom. The highest BCUT2D eigenvalue weighted by Gasteiger charge is 2.25. The zero-order valence-corrected chi connectivity index (χ0v) is 15.4. The van der Waals surface area contributed by atoms with Gasteiger partial charge >= 0.3 is 0 Å². The molecule has 0 N–H and O–H groups in total. The van der Waals surface area contributed by atoms with Crippen molar-refractivity contribution in [3.8, 4) is 22.6 Å². The van der Waals surface area contributed by atoms with Crippen LogP contribution >= 0.6 is 0 Å². The number of benzene rings is 1. The summed E-state index contributed by atoms with van der Waals surface area (Å²) in [5.74, 6) is 0.951. The molecule has 0 atom stereocenters. The van der Waals surface area contributed by atoms with Gasteiger partial charge in [-0.15, -0.1) is 0 Å². The number of hydrogen-bond donors (Lipinski definition) is 0. The van der Waals surface area contributed by atoms with Crippen LogP contribution in [0.4, 0.5) is 0 Å². The molecule has 0 bridgehead atoms. The number of nitrogens with zero attached hydrogens (tertiary/aromatic N) is 4. The number of aryl methyl sites for hydroxylation is 4. The maximum atomic E-state index is 4.45. The lowest BCUT2D eigenvalue weighted by molar-refractivity contribution is -0.650. The van der Waals surface area contributed by atoms with Crippen LogP contribution in [0, 0.1) is 20.8 Å². The van der Waals surface area contributed by atoms with Gasteiger partial charge in [0, 0.05) is 42.3 Å². The second kappa shape index (κ2) is 5.59. The molecule has 0 saturated heterocycles. The van der Waals surface area contributed by atoms with Crippen LogP contribution in [0.1, 0.15) is 16.7 Å². The van der Waals surface area contributed by atoms with Crippen molar-refractivity contribution < 1.29 is 4.57 Å². The van der Waals surface area contributed by atoms with Crippen LogP contribution in [0.2, 0.25) is 0 Å². The van der Waals surface area contributed by atoms with Crippen LogP contribution in [0.25, 0.3) is 28.4 Å². The molecule has 0 aliphatic rings. The number of aromatic nitrogens is 4. The second-order valence-electron chi connectivity index (χ2n) is 6.79. The number of fused-ring (bicyclic) bond motifs is 1. The highest BCUT2D eigenvalue weighted by molar-refractivity contribution is 5.68. The fourth-order valence-corrected chi connectivity index (χ4v) is 3.92. The topological polar surface area (TPSA) is 26.1 Å². The predicted octanol–water partition coefficient (Wildman–Crippen LogP) is 3.76. The smallest absolute Gasteiger partial charge is 0.233 e. The summed E-state index contributed by atoms with van der Waals surface area (Å²) in [6.45, 7) is 6.54. The van der Waals surface area contributed by atoms with Crippen molar-refractivity contribution in [1.29, 1.82) is 0 Å². The Balaban J connectivity index is 2.04. The Morgan fingerprint density at radius 1 is 0.960 bits per heavy atom. The van der Waals surface area contributed by atoms with Gasteiger partial charge in [0.25, 0.3) is 0 Å². The van der Waals surface area contributed by atoms with E-state index < -0.39 is 0 Å². The molecule has 0 unspecified atom stereocenters. The molecule has 4 nitrogen and oxygen atoms in total. The van der Waals surface area contributed by atoms with Crippen LogP contribution in [-0.4, -0.2) is 14.0 Å². The molecule has 0 aliphatic carbocycles. The quantitative estimate of drug-likeness (QED) is 0.514. The van der Waals surface area contributed by atoms with Crippen molar-refractivity contribution in [3.63, 3.8) is 0 Å². The zero-order chi connectivity index (χ0) is 17.7. The lowest BCUT2D eigenvalue weighted by Gasteiger charge is -2.13. The van der Waals surface area contributed by atoms with Gasteiger partial charge < -0.3 is 4.57 Å². The number of rotatable bonds is 2. The largest absolute Gasteiger partial charge is 0.308 e. The molecule has 4 aromatic rings. The summed E-state index contributed by atoms with van der Waals surface area (Å²) in [6.07, 6.45) is 5.98. The molecule has 1 aromatic carbocycles. The van der Waals surface area contributed by atoms with E-state index in [1.807, 2.05) is 12.4 Å². The van der Waals surface area contributed by atoms with E-state index in [0.717, 1.165) is 11.5 Å². The highest BCUT2D eigenvalue weighted by atomic mass is 15.2. The van der Waals surface area contributed by atoms with Crippen molar-refractivity contribution >= 4 is 5.78 Å². The molecule has 0 saturated carbocycles. The summed E-state index contributed by atoms with van der Waals surface area (Å²) in [4.78, 5) is 4.45. The normalized spacial score (nSPS) is 11.4. The third-order valence-corrected chi connectivity index (χ3v) is 5.06. The third kappa shape index (κ3) is 2.29. The van der Waals surface area contributed by atoms with Gasteiger partial charge in [-0.05, 0) is 38.5 Å².